The third-order valence-corrected chi connectivity index (χ3v) is 3.74. The summed E-state index contributed by atoms with van der Waals surface area (Å²) in [5, 5.41) is 3.14. The van der Waals surface area contributed by atoms with Crippen LogP contribution in [0.3, 0.4) is 0 Å². The molecule has 16 heavy (non-hydrogen) atoms. The summed E-state index contributed by atoms with van der Waals surface area (Å²) < 4.78 is 0. The van der Waals surface area contributed by atoms with Gasteiger partial charge in [0.15, 0.2) is 0 Å². The maximum Gasteiger partial charge on any atom is 0.317 e. The Kier molecular flexibility index (Phi) is 4.04. The van der Waals surface area contributed by atoms with Crippen LogP contribution in [0.5, 0.6) is 0 Å². The monoisotopic (exact) mass is 225 g/mol. The minimum absolute atomic E-state index is 0.139. The number of likely N-dealkylation sites (tertiary alicyclic amines) is 1. The Morgan fingerprint density at radius 1 is 1.06 bits per heavy atom. The first kappa shape index (κ1) is 11.7. The zero-order valence-corrected chi connectivity index (χ0v) is 9.95. The van der Waals surface area contributed by atoms with E-state index in [0.29, 0.717) is 12.1 Å². The summed E-state index contributed by atoms with van der Waals surface area (Å²) in [5.41, 5.74) is 5.85. The highest BCUT2D eigenvalue weighted by Gasteiger charge is 2.23. The molecule has 0 aromatic carbocycles. The maximum absolute atomic E-state index is 11.9. The fraction of sp³-hybridized carbons (Fsp3) is 0.917. The van der Waals surface area contributed by atoms with Gasteiger partial charge >= 0.3 is 6.03 Å². The number of amides is 2. The molecular formula is C12H23N3O. The summed E-state index contributed by atoms with van der Waals surface area (Å²) in [6, 6.07) is 0.845. The van der Waals surface area contributed by atoms with Gasteiger partial charge in [0, 0.05) is 25.2 Å². The van der Waals surface area contributed by atoms with Crippen LogP contribution in [0, 0.1) is 0 Å². The second-order valence-electron chi connectivity index (χ2n) is 5.11. The normalized spacial score (nSPS) is 31.2. The molecule has 0 aromatic heterocycles. The van der Waals surface area contributed by atoms with E-state index in [-0.39, 0.29) is 6.03 Å². The van der Waals surface area contributed by atoms with Gasteiger partial charge in [-0.1, -0.05) is 0 Å². The van der Waals surface area contributed by atoms with Crippen molar-refractivity contribution in [3.63, 3.8) is 0 Å². The third kappa shape index (κ3) is 3.11. The number of carbonyl (C=O) groups excluding carboxylic acids is 1. The van der Waals surface area contributed by atoms with Crippen molar-refractivity contribution in [2.45, 2.75) is 57.0 Å². The predicted molar refractivity (Wildman–Crippen MR) is 64.2 cm³/mol. The fourth-order valence-corrected chi connectivity index (χ4v) is 2.63. The summed E-state index contributed by atoms with van der Waals surface area (Å²) >= 11 is 0. The standard InChI is InChI=1S/C12H23N3O/c13-10-4-6-11(7-5-10)14-12(16)15-8-2-1-3-9-15/h10-11H,1-9,13H2,(H,14,16). The van der Waals surface area contributed by atoms with Gasteiger partial charge in [-0.15, -0.1) is 0 Å². The lowest BCUT2D eigenvalue weighted by atomic mass is 9.92. The van der Waals surface area contributed by atoms with Crippen LogP contribution >= 0.6 is 0 Å². The third-order valence-electron chi connectivity index (χ3n) is 3.74. The van der Waals surface area contributed by atoms with Crippen molar-refractivity contribution in [2.75, 3.05) is 13.1 Å². The lowest BCUT2D eigenvalue weighted by molar-refractivity contribution is 0.178. The highest BCUT2D eigenvalue weighted by molar-refractivity contribution is 5.74. The Morgan fingerprint density at radius 2 is 1.69 bits per heavy atom. The average molecular weight is 225 g/mol. The molecule has 0 atom stereocenters. The quantitative estimate of drug-likeness (QED) is 0.709. The van der Waals surface area contributed by atoms with E-state index in [0.717, 1.165) is 51.6 Å². The number of carbonyl (C=O) groups is 1. The van der Waals surface area contributed by atoms with Gasteiger partial charge in [-0.2, -0.15) is 0 Å². The van der Waals surface area contributed by atoms with E-state index in [9.17, 15) is 4.79 Å². The fourth-order valence-electron chi connectivity index (χ4n) is 2.63. The Hall–Kier alpha value is -0.770. The van der Waals surface area contributed by atoms with Crippen molar-refractivity contribution in [1.82, 2.24) is 10.2 Å². The van der Waals surface area contributed by atoms with E-state index in [1.165, 1.54) is 6.42 Å². The smallest absolute Gasteiger partial charge is 0.317 e. The van der Waals surface area contributed by atoms with E-state index in [1.807, 2.05) is 4.90 Å². The molecule has 0 radical (unpaired) electrons. The Balaban J connectivity index is 1.73. The van der Waals surface area contributed by atoms with Crippen LogP contribution in [-0.2, 0) is 0 Å². The van der Waals surface area contributed by atoms with Gasteiger partial charge in [-0.25, -0.2) is 4.79 Å². The van der Waals surface area contributed by atoms with E-state index in [4.69, 9.17) is 5.73 Å². The molecule has 1 saturated carbocycles. The van der Waals surface area contributed by atoms with E-state index in [2.05, 4.69) is 5.32 Å². The van der Waals surface area contributed by atoms with Gasteiger partial charge in [-0.3, -0.25) is 0 Å². The second-order valence-corrected chi connectivity index (χ2v) is 5.11. The summed E-state index contributed by atoms with van der Waals surface area (Å²) in [4.78, 5) is 13.9. The lowest BCUT2D eigenvalue weighted by Crippen LogP contribution is -2.48. The second kappa shape index (κ2) is 5.53. The van der Waals surface area contributed by atoms with Crippen LogP contribution in [0.25, 0.3) is 0 Å². The SMILES string of the molecule is NC1CCC(NC(=O)N2CCCCC2)CC1. The molecule has 92 valence electrons. The molecule has 2 aliphatic rings. The number of nitrogens with two attached hydrogens (primary N) is 1. The van der Waals surface area contributed by atoms with Crippen LogP contribution in [0.1, 0.15) is 44.9 Å². The topological polar surface area (TPSA) is 58.4 Å². The van der Waals surface area contributed by atoms with E-state index >= 15 is 0 Å². The van der Waals surface area contributed by atoms with Gasteiger partial charge < -0.3 is 16.0 Å². The van der Waals surface area contributed by atoms with Gasteiger partial charge in [0.25, 0.3) is 0 Å². The summed E-state index contributed by atoms with van der Waals surface area (Å²) in [6.45, 7) is 1.86. The number of nitrogens with one attached hydrogen (secondary N) is 1. The first-order valence-electron chi connectivity index (χ1n) is 6.57. The number of nitrogens with zero attached hydrogens (tertiary/aromatic N) is 1. The summed E-state index contributed by atoms with van der Waals surface area (Å²) in [6.07, 6.45) is 7.76. The van der Waals surface area contributed by atoms with Crippen molar-refractivity contribution < 1.29 is 4.79 Å². The van der Waals surface area contributed by atoms with Crippen LogP contribution in [0.4, 0.5) is 4.79 Å². The molecule has 4 nitrogen and oxygen atoms in total. The van der Waals surface area contributed by atoms with E-state index in [1.54, 1.807) is 0 Å². The van der Waals surface area contributed by atoms with Gasteiger partial charge in [-0.05, 0) is 44.9 Å². The average Bonchev–Trinajstić information content (AvgIpc) is 2.33. The van der Waals surface area contributed by atoms with Crippen LogP contribution in [-0.4, -0.2) is 36.1 Å². The van der Waals surface area contributed by atoms with Gasteiger partial charge in [0.2, 0.25) is 0 Å². The molecule has 0 aromatic rings. The first-order chi connectivity index (χ1) is 7.75. The molecule has 1 heterocycles. The van der Waals surface area contributed by atoms with Crippen molar-refractivity contribution in [3.8, 4) is 0 Å². The molecule has 2 amide bonds. The molecule has 1 saturated heterocycles. The van der Waals surface area contributed by atoms with Crippen LogP contribution < -0.4 is 11.1 Å². The van der Waals surface area contributed by atoms with Gasteiger partial charge in [0.1, 0.15) is 0 Å². The lowest BCUT2D eigenvalue weighted by Gasteiger charge is -2.31. The largest absolute Gasteiger partial charge is 0.335 e. The molecule has 0 unspecified atom stereocenters. The maximum atomic E-state index is 11.9. The summed E-state index contributed by atoms with van der Waals surface area (Å²) in [5.74, 6) is 0. The molecule has 1 aliphatic carbocycles. The van der Waals surface area contributed by atoms with Crippen molar-refractivity contribution in [3.05, 3.63) is 0 Å². The molecule has 1 aliphatic heterocycles. The summed E-state index contributed by atoms with van der Waals surface area (Å²) in [7, 11) is 0. The number of urea groups is 1. The first-order valence-corrected chi connectivity index (χ1v) is 6.57. The number of hydrogen-bond donors (Lipinski definition) is 2. The zero-order valence-electron chi connectivity index (χ0n) is 9.95. The van der Waals surface area contributed by atoms with Crippen molar-refractivity contribution >= 4 is 6.03 Å². The van der Waals surface area contributed by atoms with Crippen molar-refractivity contribution in [1.29, 1.82) is 0 Å². The Labute approximate surface area is 97.6 Å². The Morgan fingerprint density at radius 3 is 2.31 bits per heavy atom. The minimum Gasteiger partial charge on any atom is -0.335 e. The predicted octanol–water partition coefficient (Wildman–Crippen LogP) is 1.45. The number of piperidine rings is 1. The highest BCUT2D eigenvalue weighted by Crippen LogP contribution is 2.17. The van der Waals surface area contributed by atoms with Crippen molar-refractivity contribution in [2.24, 2.45) is 5.73 Å². The van der Waals surface area contributed by atoms with E-state index < -0.39 is 0 Å². The Bertz CT molecular complexity index is 230. The van der Waals surface area contributed by atoms with Crippen LogP contribution in [0.15, 0.2) is 0 Å². The van der Waals surface area contributed by atoms with Crippen LogP contribution in [0.2, 0.25) is 0 Å². The molecule has 2 fully saturated rings. The number of hydrogen-bond acceptors (Lipinski definition) is 2. The highest BCUT2D eigenvalue weighted by atomic mass is 16.2. The minimum atomic E-state index is 0.139. The molecule has 0 spiro atoms. The molecule has 0 bridgehead atoms. The number of rotatable bonds is 1. The molecule has 2 rings (SSSR count). The molecule has 3 N–H and O–H groups in total. The van der Waals surface area contributed by atoms with Gasteiger partial charge in [0.05, 0.1) is 0 Å². The molecule has 4 heteroatoms. The molecular weight excluding hydrogens is 202 g/mol. The zero-order chi connectivity index (χ0) is 11.4.